The van der Waals surface area contributed by atoms with Crippen molar-refractivity contribution in [2.24, 2.45) is 5.92 Å². The predicted molar refractivity (Wildman–Crippen MR) is 109 cm³/mol. The van der Waals surface area contributed by atoms with Crippen LogP contribution >= 0.6 is 0 Å². The lowest BCUT2D eigenvalue weighted by Gasteiger charge is -2.31. The third-order valence-electron chi connectivity index (χ3n) is 5.31. The molecular formula is C20H26N4O2S. The first kappa shape index (κ1) is 18.2. The van der Waals surface area contributed by atoms with Crippen molar-refractivity contribution in [1.29, 1.82) is 0 Å². The molecule has 2 aliphatic rings. The third kappa shape index (κ3) is 4.40. The second-order valence-corrected chi connectivity index (χ2v) is 9.97. The van der Waals surface area contributed by atoms with Gasteiger partial charge in [0.1, 0.15) is 5.82 Å². The number of hydrogen-bond acceptors (Lipinski definition) is 6. The van der Waals surface area contributed by atoms with Crippen LogP contribution in [0.3, 0.4) is 0 Å². The Morgan fingerprint density at radius 1 is 1.15 bits per heavy atom. The highest BCUT2D eigenvalue weighted by atomic mass is 32.2. The number of sulfone groups is 1. The second kappa shape index (κ2) is 7.46. The second-order valence-electron chi connectivity index (χ2n) is 7.74. The van der Waals surface area contributed by atoms with E-state index in [1.54, 1.807) is 0 Å². The summed E-state index contributed by atoms with van der Waals surface area (Å²) >= 11 is 0. The van der Waals surface area contributed by atoms with Crippen LogP contribution in [0.25, 0.3) is 11.3 Å². The van der Waals surface area contributed by atoms with E-state index in [0.717, 1.165) is 36.7 Å². The minimum atomic E-state index is -2.93. The summed E-state index contributed by atoms with van der Waals surface area (Å²) in [5, 5.41) is 3.34. The van der Waals surface area contributed by atoms with Gasteiger partial charge in [0.2, 0.25) is 5.95 Å². The maximum atomic E-state index is 11.8. The summed E-state index contributed by atoms with van der Waals surface area (Å²) in [6.07, 6.45) is 3.01. The van der Waals surface area contributed by atoms with E-state index in [1.165, 1.54) is 6.42 Å². The van der Waals surface area contributed by atoms with Crippen molar-refractivity contribution in [2.75, 3.05) is 34.8 Å². The van der Waals surface area contributed by atoms with Crippen LogP contribution in [-0.2, 0) is 9.84 Å². The molecule has 2 atom stereocenters. The number of nitrogens with zero attached hydrogens (tertiary/aromatic N) is 3. The topological polar surface area (TPSA) is 75.2 Å². The Kier molecular flexibility index (Phi) is 5.04. The maximum absolute atomic E-state index is 11.8. The monoisotopic (exact) mass is 386 g/mol. The van der Waals surface area contributed by atoms with E-state index in [1.807, 2.05) is 36.4 Å². The summed E-state index contributed by atoms with van der Waals surface area (Å²) in [5.74, 6) is 2.48. The Morgan fingerprint density at radius 2 is 1.96 bits per heavy atom. The van der Waals surface area contributed by atoms with Crippen molar-refractivity contribution in [3.8, 4) is 11.3 Å². The lowest BCUT2D eigenvalue weighted by molar-refractivity contribution is 0.442. The van der Waals surface area contributed by atoms with Gasteiger partial charge in [0.25, 0.3) is 0 Å². The first-order chi connectivity index (χ1) is 13.0. The van der Waals surface area contributed by atoms with Gasteiger partial charge in [-0.05, 0) is 25.2 Å². The Labute approximate surface area is 161 Å². The van der Waals surface area contributed by atoms with E-state index in [2.05, 4.69) is 17.1 Å². The molecule has 1 N–H and O–H groups in total. The quantitative estimate of drug-likeness (QED) is 0.871. The Hall–Kier alpha value is -2.15. The molecule has 4 rings (SSSR count). The van der Waals surface area contributed by atoms with E-state index in [0.29, 0.717) is 18.2 Å². The molecule has 144 valence electrons. The molecule has 0 aliphatic carbocycles. The van der Waals surface area contributed by atoms with Gasteiger partial charge in [-0.25, -0.2) is 13.4 Å². The summed E-state index contributed by atoms with van der Waals surface area (Å²) in [6, 6.07) is 11.9. The standard InChI is InChI=1S/C20H26N4O2S/c1-15-6-5-10-24(13-15)20-22-18(16-7-3-2-4-8-16)12-19(23-20)21-17-9-11-27(25,26)14-17/h2-4,7-8,12,15,17H,5-6,9-11,13-14H2,1H3,(H,21,22,23). The van der Waals surface area contributed by atoms with Crippen molar-refractivity contribution < 1.29 is 8.42 Å². The maximum Gasteiger partial charge on any atom is 0.227 e. The van der Waals surface area contributed by atoms with Gasteiger partial charge in [0.15, 0.2) is 9.84 Å². The van der Waals surface area contributed by atoms with E-state index in [4.69, 9.17) is 9.97 Å². The molecule has 27 heavy (non-hydrogen) atoms. The smallest absolute Gasteiger partial charge is 0.227 e. The molecule has 1 aromatic heterocycles. The first-order valence-electron chi connectivity index (χ1n) is 9.65. The van der Waals surface area contributed by atoms with Crippen LogP contribution in [-0.4, -0.2) is 49.0 Å². The molecule has 2 saturated heterocycles. The zero-order valence-electron chi connectivity index (χ0n) is 15.6. The molecule has 2 fully saturated rings. The minimum Gasteiger partial charge on any atom is -0.366 e. The molecule has 1 aromatic carbocycles. The van der Waals surface area contributed by atoms with Crippen molar-refractivity contribution in [3.05, 3.63) is 36.4 Å². The highest BCUT2D eigenvalue weighted by Crippen LogP contribution is 2.27. The molecule has 0 saturated carbocycles. The number of hydrogen-bond donors (Lipinski definition) is 1. The van der Waals surface area contributed by atoms with Crippen molar-refractivity contribution in [3.63, 3.8) is 0 Å². The molecule has 0 amide bonds. The largest absolute Gasteiger partial charge is 0.366 e. The Morgan fingerprint density at radius 3 is 2.67 bits per heavy atom. The van der Waals surface area contributed by atoms with Crippen LogP contribution in [0.1, 0.15) is 26.2 Å². The average Bonchev–Trinajstić information content (AvgIpc) is 3.00. The molecule has 2 aromatic rings. The van der Waals surface area contributed by atoms with Gasteiger partial charge in [0.05, 0.1) is 17.2 Å². The SMILES string of the molecule is CC1CCCN(c2nc(NC3CCS(=O)(=O)C3)cc(-c3ccccc3)n2)C1. The number of nitrogens with one attached hydrogen (secondary N) is 1. The number of aromatic nitrogens is 2. The lowest BCUT2D eigenvalue weighted by atomic mass is 10.0. The molecule has 0 spiro atoms. The van der Waals surface area contributed by atoms with Crippen LogP contribution in [0.5, 0.6) is 0 Å². The molecule has 7 heteroatoms. The van der Waals surface area contributed by atoms with E-state index in [-0.39, 0.29) is 17.5 Å². The molecule has 6 nitrogen and oxygen atoms in total. The average molecular weight is 387 g/mol. The summed E-state index contributed by atoms with van der Waals surface area (Å²) in [4.78, 5) is 11.8. The number of anilines is 2. The van der Waals surface area contributed by atoms with Gasteiger partial charge < -0.3 is 10.2 Å². The van der Waals surface area contributed by atoms with Gasteiger partial charge in [-0.15, -0.1) is 0 Å². The van der Waals surface area contributed by atoms with Gasteiger partial charge in [0, 0.05) is 30.8 Å². The van der Waals surface area contributed by atoms with Crippen molar-refractivity contribution >= 4 is 21.6 Å². The normalized spacial score (nSPS) is 24.7. The first-order valence-corrected chi connectivity index (χ1v) is 11.5. The fourth-order valence-electron chi connectivity index (χ4n) is 3.90. The molecule has 0 radical (unpaired) electrons. The Balaban J connectivity index is 1.66. The third-order valence-corrected chi connectivity index (χ3v) is 7.08. The van der Waals surface area contributed by atoms with Crippen LogP contribution in [0.2, 0.25) is 0 Å². The zero-order valence-corrected chi connectivity index (χ0v) is 16.5. The summed E-state index contributed by atoms with van der Waals surface area (Å²) < 4.78 is 23.6. The molecule has 0 bridgehead atoms. The minimum absolute atomic E-state index is 0.0818. The van der Waals surface area contributed by atoms with Crippen molar-refractivity contribution in [1.82, 2.24) is 9.97 Å². The van der Waals surface area contributed by atoms with Crippen LogP contribution in [0.15, 0.2) is 36.4 Å². The molecular weight excluding hydrogens is 360 g/mol. The number of piperidine rings is 1. The molecule has 3 heterocycles. The van der Waals surface area contributed by atoms with Gasteiger partial charge in [-0.3, -0.25) is 0 Å². The zero-order chi connectivity index (χ0) is 18.9. The highest BCUT2D eigenvalue weighted by molar-refractivity contribution is 7.91. The van der Waals surface area contributed by atoms with Gasteiger partial charge >= 0.3 is 0 Å². The fraction of sp³-hybridized carbons (Fsp3) is 0.500. The van der Waals surface area contributed by atoms with Crippen LogP contribution in [0, 0.1) is 5.92 Å². The van der Waals surface area contributed by atoms with Gasteiger partial charge in [-0.1, -0.05) is 37.3 Å². The van der Waals surface area contributed by atoms with Crippen LogP contribution in [0.4, 0.5) is 11.8 Å². The molecule has 2 unspecified atom stereocenters. The van der Waals surface area contributed by atoms with Crippen molar-refractivity contribution in [2.45, 2.75) is 32.2 Å². The van der Waals surface area contributed by atoms with Gasteiger partial charge in [-0.2, -0.15) is 4.98 Å². The lowest BCUT2D eigenvalue weighted by Crippen LogP contribution is -2.35. The summed E-state index contributed by atoms with van der Waals surface area (Å²) in [5.41, 5.74) is 1.90. The fourth-order valence-corrected chi connectivity index (χ4v) is 5.57. The van der Waals surface area contributed by atoms with E-state index < -0.39 is 9.84 Å². The van der Waals surface area contributed by atoms with E-state index in [9.17, 15) is 8.42 Å². The summed E-state index contributed by atoms with van der Waals surface area (Å²) in [7, 11) is -2.93. The number of rotatable bonds is 4. The predicted octanol–water partition coefficient (Wildman–Crippen LogP) is 2.98. The van der Waals surface area contributed by atoms with Crippen LogP contribution < -0.4 is 10.2 Å². The molecule has 2 aliphatic heterocycles. The Bertz CT molecular complexity index is 901. The summed E-state index contributed by atoms with van der Waals surface area (Å²) in [6.45, 7) is 4.17. The highest BCUT2D eigenvalue weighted by Gasteiger charge is 2.28. The van der Waals surface area contributed by atoms with E-state index >= 15 is 0 Å². The number of benzene rings is 1.